The van der Waals surface area contributed by atoms with Crippen LogP contribution >= 0.6 is 0 Å². The highest BCUT2D eigenvalue weighted by molar-refractivity contribution is 5.99. The maximum Gasteiger partial charge on any atom is 0.217 e. The first-order valence-electron chi connectivity index (χ1n) is 5.53. The Hall–Kier alpha value is -1.84. The Labute approximate surface area is 101 Å². The van der Waals surface area contributed by atoms with E-state index >= 15 is 0 Å². The molecule has 4 heteroatoms. The zero-order valence-electron chi connectivity index (χ0n) is 10.3. The molecule has 1 aromatic rings. The summed E-state index contributed by atoms with van der Waals surface area (Å²) in [5.74, 6) is 0.408. The lowest BCUT2D eigenvalue weighted by Gasteiger charge is -2.09. The smallest absolute Gasteiger partial charge is 0.217 e. The lowest BCUT2D eigenvalue weighted by molar-refractivity contribution is -0.118. The molecule has 0 heterocycles. The van der Waals surface area contributed by atoms with Gasteiger partial charge in [-0.2, -0.15) is 0 Å². The number of carbonyl (C=O) groups excluding carboxylic acids is 2. The Morgan fingerprint density at radius 2 is 1.82 bits per heavy atom. The van der Waals surface area contributed by atoms with E-state index in [1.54, 1.807) is 24.3 Å². The Balaban J connectivity index is 2.60. The second-order valence-corrected chi connectivity index (χ2v) is 4.02. The molecular weight excluding hydrogens is 218 g/mol. The summed E-state index contributed by atoms with van der Waals surface area (Å²) in [6.45, 7) is 5.29. The second kappa shape index (κ2) is 6.03. The Morgan fingerprint density at radius 3 is 2.29 bits per heavy atom. The average Bonchev–Trinajstić information content (AvgIpc) is 2.26. The van der Waals surface area contributed by atoms with Crippen molar-refractivity contribution in [3.8, 4) is 5.75 Å². The number of benzene rings is 1. The van der Waals surface area contributed by atoms with Gasteiger partial charge in [0.25, 0.3) is 0 Å². The van der Waals surface area contributed by atoms with Crippen LogP contribution in [-0.4, -0.2) is 24.3 Å². The molecule has 0 fully saturated rings. The van der Waals surface area contributed by atoms with Crippen LogP contribution in [-0.2, 0) is 4.79 Å². The van der Waals surface area contributed by atoms with E-state index in [-0.39, 0.29) is 24.3 Å². The maximum atomic E-state index is 11.6. The minimum absolute atomic E-state index is 0.0275. The monoisotopic (exact) mass is 235 g/mol. The van der Waals surface area contributed by atoms with E-state index in [1.165, 1.54) is 6.92 Å². The molecule has 1 rings (SSSR count). The molecular formula is C13H17NO3. The second-order valence-electron chi connectivity index (χ2n) is 4.02. The molecule has 0 saturated carbocycles. The van der Waals surface area contributed by atoms with E-state index < -0.39 is 0 Å². The summed E-state index contributed by atoms with van der Waals surface area (Å²) in [7, 11) is 0. The fourth-order valence-corrected chi connectivity index (χ4v) is 1.30. The van der Waals surface area contributed by atoms with Crippen LogP contribution in [0.4, 0.5) is 0 Å². The summed E-state index contributed by atoms with van der Waals surface area (Å²) >= 11 is 0. The fourth-order valence-electron chi connectivity index (χ4n) is 1.30. The fraction of sp³-hybridized carbons (Fsp3) is 0.385. The van der Waals surface area contributed by atoms with Gasteiger partial charge in [0.05, 0.1) is 12.6 Å². The van der Waals surface area contributed by atoms with E-state index in [0.717, 1.165) is 5.75 Å². The van der Waals surface area contributed by atoms with Crippen LogP contribution in [0.15, 0.2) is 24.3 Å². The zero-order chi connectivity index (χ0) is 12.8. The number of hydrogen-bond acceptors (Lipinski definition) is 3. The van der Waals surface area contributed by atoms with Crippen LogP contribution in [0.5, 0.6) is 5.75 Å². The van der Waals surface area contributed by atoms with Crippen molar-refractivity contribution in [1.29, 1.82) is 0 Å². The molecule has 0 spiro atoms. The molecule has 92 valence electrons. The van der Waals surface area contributed by atoms with E-state index in [2.05, 4.69) is 5.32 Å². The molecule has 0 bridgehead atoms. The van der Waals surface area contributed by atoms with Crippen LogP contribution in [0.25, 0.3) is 0 Å². The standard InChI is InChI=1S/C13H17NO3/c1-9(2)17-12-6-4-11(5-7-12)13(16)8-14-10(3)15/h4-7,9H,8H2,1-3H3,(H,14,15). The van der Waals surface area contributed by atoms with Crippen molar-refractivity contribution in [3.63, 3.8) is 0 Å². The van der Waals surface area contributed by atoms with Gasteiger partial charge in [0, 0.05) is 12.5 Å². The summed E-state index contributed by atoms with van der Waals surface area (Å²) in [4.78, 5) is 22.3. The van der Waals surface area contributed by atoms with Crippen molar-refractivity contribution < 1.29 is 14.3 Å². The van der Waals surface area contributed by atoms with Crippen LogP contribution < -0.4 is 10.1 Å². The molecule has 0 aliphatic carbocycles. The molecule has 0 saturated heterocycles. The van der Waals surface area contributed by atoms with Gasteiger partial charge in [0.1, 0.15) is 5.75 Å². The predicted octanol–water partition coefficient (Wildman–Crippen LogP) is 1.79. The van der Waals surface area contributed by atoms with Crippen molar-refractivity contribution in [1.82, 2.24) is 5.32 Å². The lowest BCUT2D eigenvalue weighted by atomic mass is 10.1. The van der Waals surface area contributed by atoms with Gasteiger partial charge in [0.15, 0.2) is 5.78 Å². The summed E-state index contributed by atoms with van der Waals surface area (Å²) in [6, 6.07) is 6.89. The lowest BCUT2D eigenvalue weighted by Crippen LogP contribution is -2.27. The van der Waals surface area contributed by atoms with Gasteiger partial charge in [-0.05, 0) is 38.1 Å². The molecule has 17 heavy (non-hydrogen) atoms. The zero-order valence-corrected chi connectivity index (χ0v) is 10.3. The number of Topliss-reactive ketones (excluding diaryl/α,β-unsaturated/α-hetero) is 1. The highest BCUT2D eigenvalue weighted by Gasteiger charge is 2.06. The molecule has 0 radical (unpaired) electrons. The van der Waals surface area contributed by atoms with Gasteiger partial charge >= 0.3 is 0 Å². The SMILES string of the molecule is CC(=O)NCC(=O)c1ccc(OC(C)C)cc1. The van der Waals surface area contributed by atoms with Crippen molar-refractivity contribution in [2.75, 3.05) is 6.54 Å². The molecule has 0 atom stereocenters. The molecule has 0 aliphatic heterocycles. The third-order valence-corrected chi connectivity index (χ3v) is 2.05. The van der Waals surface area contributed by atoms with Crippen molar-refractivity contribution in [3.05, 3.63) is 29.8 Å². The highest BCUT2D eigenvalue weighted by Crippen LogP contribution is 2.13. The molecule has 1 aromatic carbocycles. The van der Waals surface area contributed by atoms with Crippen LogP contribution in [0.3, 0.4) is 0 Å². The Morgan fingerprint density at radius 1 is 1.24 bits per heavy atom. The molecule has 1 N–H and O–H groups in total. The quantitative estimate of drug-likeness (QED) is 0.792. The number of nitrogens with one attached hydrogen (secondary N) is 1. The number of carbonyl (C=O) groups is 2. The predicted molar refractivity (Wildman–Crippen MR) is 65.2 cm³/mol. The normalized spacial score (nSPS) is 10.1. The topological polar surface area (TPSA) is 55.4 Å². The van der Waals surface area contributed by atoms with E-state index in [9.17, 15) is 9.59 Å². The number of ketones is 1. The summed E-state index contributed by atoms with van der Waals surface area (Å²) in [5, 5.41) is 2.47. The number of ether oxygens (including phenoxy) is 1. The molecule has 0 aromatic heterocycles. The molecule has 1 amide bonds. The van der Waals surface area contributed by atoms with E-state index in [4.69, 9.17) is 4.74 Å². The van der Waals surface area contributed by atoms with Gasteiger partial charge in [-0.15, -0.1) is 0 Å². The van der Waals surface area contributed by atoms with Gasteiger partial charge < -0.3 is 10.1 Å². The maximum absolute atomic E-state index is 11.6. The van der Waals surface area contributed by atoms with Crippen molar-refractivity contribution in [2.24, 2.45) is 0 Å². The summed E-state index contributed by atoms with van der Waals surface area (Å²) < 4.78 is 5.47. The van der Waals surface area contributed by atoms with Crippen LogP contribution in [0, 0.1) is 0 Å². The van der Waals surface area contributed by atoms with Gasteiger partial charge in [-0.3, -0.25) is 9.59 Å². The molecule has 4 nitrogen and oxygen atoms in total. The van der Waals surface area contributed by atoms with Gasteiger partial charge in [0.2, 0.25) is 5.91 Å². The van der Waals surface area contributed by atoms with Crippen molar-refractivity contribution >= 4 is 11.7 Å². The molecule has 0 aliphatic rings. The average molecular weight is 235 g/mol. The summed E-state index contributed by atoms with van der Waals surface area (Å²) in [6.07, 6.45) is 0.107. The number of amides is 1. The first-order valence-corrected chi connectivity index (χ1v) is 5.53. The van der Waals surface area contributed by atoms with Crippen LogP contribution in [0.1, 0.15) is 31.1 Å². The van der Waals surface area contributed by atoms with Crippen molar-refractivity contribution in [2.45, 2.75) is 26.9 Å². The summed E-state index contributed by atoms with van der Waals surface area (Å²) in [5.41, 5.74) is 0.565. The number of rotatable bonds is 5. The largest absolute Gasteiger partial charge is 0.491 e. The van der Waals surface area contributed by atoms with E-state index in [0.29, 0.717) is 5.56 Å². The molecule has 0 unspecified atom stereocenters. The minimum Gasteiger partial charge on any atom is -0.491 e. The number of hydrogen-bond donors (Lipinski definition) is 1. The van der Waals surface area contributed by atoms with Crippen LogP contribution in [0.2, 0.25) is 0 Å². The highest BCUT2D eigenvalue weighted by atomic mass is 16.5. The minimum atomic E-state index is -0.210. The van der Waals surface area contributed by atoms with Gasteiger partial charge in [-0.25, -0.2) is 0 Å². The van der Waals surface area contributed by atoms with Gasteiger partial charge in [-0.1, -0.05) is 0 Å². The third kappa shape index (κ3) is 4.68. The third-order valence-electron chi connectivity index (χ3n) is 2.05. The first-order chi connectivity index (χ1) is 7.99. The Bertz CT molecular complexity index is 396. The first kappa shape index (κ1) is 13.2. The Kier molecular flexibility index (Phi) is 4.69. The van der Waals surface area contributed by atoms with E-state index in [1.807, 2.05) is 13.8 Å².